The SMILES string of the molecule is O=c1cc2c(nn1C1COCC1NS(=O)(=O)N1CCCCCC1)CCC2. The molecule has 2 saturated heterocycles. The van der Waals surface area contributed by atoms with E-state index in [1.54, 1.807) is 6.07 Å². The summed E-state index contributed by atoms with van der Waals surface area (Å²) in [5.41, 5.74) is 1.79. The second kappa shape index (κ2) is 7.38. The van der Waals surface area contributed by atoms with E-state index in [2.05, 4.69) is 9.82 Å². The van der Waals surface area contributed by atoms with Gasteiger partial charge < -0.3 is 4.74 Å². The molecule has 1 aromatic rings. The lowest BCUT2D eigenvalue weighted by molar-refractivity contribution is 0.181. The van der Waals surface area contributed by atoms with Crippen molar-refractivity contribution in [1.29, 1.82) is 0 Å². The first kappa shape index (κ1) is 18.1. The van der Waals surface area contributed by atoms with Crippen molar-refractivity contribution in [3.05, 3.63) is 27.7 Å². The third-order valence-electron chi connectivity index (χ3n) is 5.55. The van der Waals surface area contributed by atoms with Crippen molar-refractivity contribution in [3.8, 4) is 0 Å². The van der Waals surface area contributed by atoms with Crippen LogP contribution in [0.15, 0.2) is 10.9 Å². The number of fused-ring (bicyclic) bond motifs is 1. The van der Waals surface area contributed by atoms with Crippen LogP contribution in [0.5, 0.6) is 0 Å². The van der Waals surface area contributed by atoms with Gasteiger partial charge in [0.05, 0.1) is 31.0 Å². The summed E-state index contributed by atoms with van der Waals surface area (Å²) in [4.78, 5) is 12.5. The van der Waals surface area contributed by atoms with Crippen LogP contribution in [-0.4, -0.2) is 54.8 Å². The van der Waals surface area contributed by atoms with Gasteiger partial charge >= 0.3 is 0 Å². The van der Waals surface area contributed by atoms with E-state index in [-0.39, 0.29) is 12.2 Å². The van der Waals surface area contributed by atoms with Crippen molar-refractivity contribution in [1.82, 2.24) is 18.8 Å². The second-order valence-corrected chi connectivity index (χ2v) is 9.10. The lowest BCUT2D eigenvalue weighted by Gasteiger charge is -2.25. The molecular formula is C17H26N4O4S. The highest BCUT2D eigenvalue weighted by atomic mass is 32.2. The van der Waals surface area contributed by atoms with Gasteiger partial charge in [0.25, 0.3) is 15.8 Å². The monoisotopic (exact) mass is 382 g/mol. The standard InChI is InChI=1S/C17H26N4O4S/c22-17-10-13-6-5-7-14(13)18-21(17)16-12-25-11-15(16)19-26(23,24)20-8-3-1-2-4-9-20/h10,15-16,19H,1-9,11-12H2. The van der Waals surface area contributed by atoms with Crippen LogP contribution in [0.25, 0.3) is 0 Å². The van der Waals surface area contributed by atoms with E-state index in [0.29, 0.717) is 19.7 Å². The van der Waals surface area contributed by atoms with Gasteiger partial charge in [-0.15, -0.1) is 0 Å². The molecule has 4 rings (SSSR count). The molecule has 144 valence electrons. The molecule has 2 unspecified atom stereocenters. The minimum absolute atomic E-state index is 0.180. The molecular weight excluding hydrogens is 356 g/mol. The first-order valence-electron chi connectivity index (χ1n) is 9.51. The van der Waals surface area contributed by atoms with Crippen LogP contribution in [0, 0.1) is 0 Å². The van der Waals surface area contributed by atoms with Gasteiger partial charge in [0.15, 0.2) is 0 Å². The Labute approximate surface area is 153 Å². The lowest BCUT2D eigenvalue weighted by atomic mass is 10.2. The molecule has 3 aliphatic rings. The Morgan fingerprint density at radius 3 is 2.62 bits per heavy atom. The molecule has 2 atom stereocenters. The van der Waals surface area contributed by atoms with Crippen molar-refractivity contribution in [2.24, 2.45) is 0 Å². The van der Waals surface area contributed by atoms with E-state index in [4.69, 9.17) is 4.74 Å². The quantitative estimate of drug-likeness (QED) is 0.813. The molecule has 0 saturated carbocycles. The number of nitrogens with zero attached hydrogens (tertiary/aromatic N) is 3. The van der Waals surface area contributed by atoms with Crippen LogP contribution in [0.2, 0.25) is 0 Å². The zero-order valence-corrected chi connectivity index (χ0v) is 15.7. The topological polar surface area (TPSA) is 93.5 Å². The van der Waals surface area contributed by atoms with Gasteiger partial charge in [0.1, 0.15) is 0 Å². The highest BCUT2D eigenvalue weighted by Crippen LogP contribution is 2.23. The number of aryl methyl sites for hydroxylation is 2. The molecule has 0 bridgehead atoms. The molecule has 26 heavy (non-hydrogen) atoms. The summed E-state index contributed by atoms with van der Waals surface area (Å²) in [5.74, 6) is 0. The molecule has 1 aliphatic carbocycles. The predicted molar refractivity (Wildman–Crippen MR) is 96.3 cm³/mol. The van der Waals surface area contributed by atoms with Crippen LogP contribution in [0.4, 0.5) is 0 Å². The number of hydrogen-bond acceptors (Lipinski definition) is 5. The summed E-state index contributed by atoms with van der Waals surface area (Å²) >= 11 is 0. The predicted octanol–water partition coefficient (Wildman–Crippen LogP) is 0.382. The Morgan fingerprint density at radius 1 is 1.08 bits per heavy atom. The summed E-state index contributed by atoms with van der Waals surface area (Å²) in [6.07, 6.45) is 6.68. The van der Waals surface area contributed by atoms with Crippen LogP contribution in [0.3, 0.4) is 0 Å². The first-order chi connectivity index (χ1) is 12.5. The molecule has 9 heteroatoms. The molecule has 2 fully saturated rings. The molecule has 0 aromatic carbocycles. The van der Waals surface area contributed by atoms with Crippen molar-refractivity contribution >= 4 is 10.2 Å². The Morgan fingerprint density at radius 2 is 1.85 bits per heavy atom. The average molecular weight is 382 g/mol. The zero-order chi connectivity index (χ0) is 18.1. The van der Waals surface area contributed by atoms with Gasteiger partial charge in [-0.1, -0.05) is 12.8 Å². The number of rotatable bonds is 4. The van der Waals surface area contributed by atoms with Crippen LogP contribution >= 0.6 is 0 Å². The average Bonchev–Trinajstić information content (AvgIpc) is 3.13. The molecule has 1 aromatic heterocycles. The number of ether oxygens (including phenoxy) is 1. The van der Waals surface area contributed by atoms with Gasteiger partial charge in [-0.2, -0.15) is 22.5 Å². The first-order valence-corrected chi connectivity index (χ1v) is 11.0. The maximum Gasteiger partial charge on any atom is 0.279 e. The van der Waals surface area contributed by atoms with Gasteiger partial charge in [-0.05, 0) is 37.7 Å². The highest BCUT2D eigenvalue weighted by Gasteiger charge is 2.36. The van der Waals surface area contributed by atoms with Gasteiger partial charge in [0.2, 0.25) is 0 Å². The van der Waals surface area contributed by atoms with E-state index in [1.165, 1.54) is 8.99 Å². The zero-order valence-electron chi connectivity index (χ0n) is 14.9. The number of hydrogen-bond donors (Lipinski definition) is 1. The molecule has 2 aliphatic heterocycles. The molecule has 3 heterocycles. The fourth-order valence-electron chi connectivity index (χ4n) is 4.10. The van der Waals surface area contributed by atoms with Crippen molar-refractivity contribution < 1.29 is 13.2 Å². The molecule has 0 amide bonds. The van der Waals surface area contributed by atoms with E-state index in [0.717, 1.165) is 56.2 Å². The summed E-state index contributed by atoms with van der Waals surface area (Å²) in [5, 5.41) is 4.52. The smallest absolute Gasteiger partial charge is 0.279 e. The molecule has 0 radical (unpaired) electrons. The van der Waals surface area contributed by atoms with Crippen molar-refractivity contribution in [3.63, 3.8) is 0 Å². The maximum atomic E-state index is 12.8. The summed E-state index contributed by atoms with van der Waals surface area (Å²) in [6, 6.07) is 0.761. The van der Waals surface area contributed by atoms with Gasteiger partial charge in [-0.3, -0.25) is 4.79 Å². The molecule has 8 nitrogen and oxygen atoms in total. The summed E-state index contributed by atoms with van der Waals surface area (Å²) in [6.45, 7) is 1.64. The Balaban J connectivity index is 1.54. The Hall–Kier alpha value is -1.29. The molecule has 0 spiro atoms. The van der Waals surface area contributed by atoms with Gasteiger partial charge in [-0.25, -0.2) is 4.68 Å². The van der Waals surface area contributed by atoms with E-state index < -0.39 is 22.3 Å². The number of nitrogens with one attached hydrogen (secondary N) is 1. The number of aromatic nitrogens is 2. The lowest BCUT2D eigenvalue weighted by Crippen LogP contribution is -2.49. The normalized spacial score (nSPS) is 27.4. The van der Waals surface area contributed by atoms with Crippen LogP contribution in [-0.2, 0) is 27.8 Å². The second-order valence-electron chi connectivity index (χ2n) is 7.40. The van der Waals surface area contributed by atoms with Crippen molar-refractivity contribution in [2.75, 3.05) is 26.3 Å². The summed E-state index contributed by atoms with van der Waals surface area (Å²) in [7, 11) is -3.60. The summed E-state index contributed by atoms with van der Waals surface area (Å²) < 4.78 is 36.8. The minimum atomic E-state index is -3.60. The van der Waals surface area contributed by atoms with Gasteiger partial charge in [0, 0.05) is 19.2 Å². The largest absolute Gasteiger partial charge is 0.377 e. The third-order valence-corrected chi connectivity index (χ3v) is 7.20. The minimum Gasteiger partial charge on any atom is -0.377 e. The fraction of sp³-hybridized carbons (Fsp3) is 0.765. The van der Waals surface area contributed by atoms with E-state index >= 15 is 0 Å². The van der Waals surface area contributed by atoms with E-state index in [9.17, 15) is 13.2 Å². The van der Waals surface area contributed by atoms with Crippen LogP contribution in [0.1, 0.15) is 49.4 Å². The maximum absolute atomic E-state index is 12.8. The molecule has 1 N–H and O–H groups in total. The third kappa shape index (κ3) is 3.58. The Bertz CT molecular complexity index is 815. The fourth-order valence-corrected chi connectivity index (χ4v) is 5.59. The van der Waals surface area contributed by atoms with Crippen LogP contribution < -0.4 is 10.3 Å². The Kier molecular flexibility index (Phi) is 5.13. The van der Waals surface area contributed by atoms with Crippen molar-refractivity contribution in [2.45, 2.75) is 57.0 Å². The highest BCUT2D eigenvalue weighted by molar-refractivity contribution is 7.87. The van der Waals surface area contributed by atoms with E-state index in [1.807, 2.05) is 0 Å².